The van der Waals surface area contributed by atoms with E-state index in [1.165, 1.54) is 25.7 Å². The Morgan fingerprint density at radius 3 is 2.08 bits per heavy atom. The summed E-state index contributed by atoms with van der Waals surface area (Å²) in [4.78, 5) is 18.6. The third kappa shape index (κ3) is 4.16. The molecule has 2 fully saturated rings. The van der Waals surface area contributed by atoms with E-state index >= 15 is 0 Å². The number of amides is 1. The second-order valence-corrected chi connectivity index (χ2v) is 7.05. The van der Waals surface area contributed by atoms with Crippen LogP contribution >= 0.6 is 0 Å². The first-order chi connectivity index (χ1) is 11.8. The number of nitrogens with zero attached hydrogens (tertiary/aromatic N) is 2. The summed E-state index contributed by atoms with van der Waals surface area (Å²) >= 11 is 0. The lowest BCUT2D eigenvalue weighted by Crippen LogP contribution is -2.45. The second-order valence-electron chi connectivity index (χ2n) is 7.05. The minimum Gasteiger partial charge on any atom is -0.465 e. The summed E-state index contributed by atoms with van der Waals surface area (Å²) in [5, 5.41) is 9.93. The van der Waals surface area contributed by atoms with Crippen molar-refractivity contribution in [2.75, 3.05) is 0 Å². The first-order valence-corrected chi connectivity index (χ1v) is 9.41. The lowest BCUT2D eigenvalue weighted by Gasteiger charge is -2.34. The van der Waals surface area contributed by atoms with Gasteiger partial charge >= 0.3 is 6.09 Å². The summed E-state index contributed by atoms with van der Waals surface area (Å²) < 4.78 is 0. The van der Waals surface area contributed by atoms with Gasteiger partial charge in [0.15, 0.2) is 0 Å². The average molecular weight is 328 g/mol. The number of rotatable bonds is 3. The molecule has 1 N–H and O–H groups in total. The summed E-state index contributed by atoms with van der Waals surface area (Å²) in [6, 6.07) is 10.2. The van der Waals surface area contributed by atoms with Gasteiger partial charge in [-0.3, -0.25) is 9.89 Å². The van der Waals surface area contributed by atoms with E-state index in [1.54, 1.807) is 4.90 Å². The fourth-order valence-corrected chi connectivity index (χ4v) is 4.01. The zero-order chi connectivity index (χ0) is 16.8. The normalized spacial score (nSPS) is 20.8. The summed E-state index contributed by atoms with van der Waals surface area (Å²) in [6.45, 7) is 0. The van der Waals surface area contributed by atoms with E-state index in [9.17, 15) is 9.90 Å². The smallest absolute Gasteiger partial charge is 0.413 e. The fraction of sp³-hybridized carbons (Fsp3) is 0.600. The number of amidine groups is 1. The highest BCUT2D eigenvalue weighted by molar-refractivity contribution is 6.06. The van der Waals surface area contributed by atoms with Crippen LogP contribution in [0.5, 0.6) is 0 Å². The van der Waals surface area contributed by atoms with Gasteiger partial charge in [0.25, 0.3) is 0 Å². The van der Waals surface area contributed by atoms with Gasteiger partial charge in [-0.15, -0.1) is 0 Å². The quantitative estimate of drug-likeness (QED) is 0.621. The van der Waals surface area contributed by atoms with Crippen molar-refractivity contribution in [3.05, 3.63) is 35.9 Å². The number of benzene rings is 1. The Kier molecular flexibility index (Phi) is 5.89. The molecule has 1 aromatic rings. The van der Waals surface area contributed by atoms with E-state index in [2.05, 4.69) is 0 Å². The van der Waals surface area contributed by atoms with E-state index in [0.717, 1.165) is 44.1 Å². The molecule has 0 bridgehead atoms. The van der Waals surface area contributed by atoms with E-state index < -0.39 is 6.09 Å². The van der Waals surface area contributed by atoms with Gasteiger partial charge in [0.2, 0.25) is 0 Å². The first-order valence-electron chi connectivity index (χ1n) is 9.41. The Hall–Kier alpha value is -1.84. The molecule has 4 heteroatoms. The molecule has 0 aromatic heterocycles. The molecular formula is C20H28N2O2. The van der Waals surface area contributed by atoms with Gasteiger partial charge in [-0.25, -0.2) is 4.79 Å². The molecule has 4 nitrogen and oxygen atoms in total. The van der Waals surface area contributed by atoms with E-state index in [0.29, 0.717) is 5.84 Å². The van der Waals surface area contributed by atoms with Crippen LogP contribution in [0.15, 0.2) is 35.3 Å². The van der Waals surface area contributed by atoms with Gasteiger partial charge in [0, 0.05) is 11.6 Å². The molecule has 24 heavy (non-hydrogen) atoms. The van der Waals surface area contributed by atoms with Crippen LogP contribution < -0.4 is 0 Å². The van der Waals surface area contributed by atoms with Crippen molar-refractivity contribution in [3.63, 3.8) is 0 Å². The Labute approximate surface area is 144 Å². The van der Waals surface area contributed by atoms with Crippen LogP contribution in [-0.2, 0) is 0 Å². The highest BCUT2D eigenvalue weighted by Gasteiger charge is 2.30. The Morgan fingerprint density at radius 2 is 1.50 bits per heavy atom. The molecule has 0 spiro atoms. The zero-order valence-corrected chi connectivity index (χ0v) is 14.4. The molecular weight excluding hydrogens is 300 g/mol. The van der Waals surface area contributed by atoms with Gasteiger partial charge in [-0.05, 0) is 25.7 Å². The number of aliphatic imine (C=N–C) groups is 1. The van der Waals surface area contributed by atoms with Crippen LogP contribution in [0.4, 0.5) is 4.79 Å². The fourth-order valence-electron chi connectivity index (χ4n) is 4.01. The van der Waals surface area contributed by atoms with Crippen LogP contribution in [0.25, 0.3) is 0 Å². The maximum atomic E-state index is 12.1. The number of carboxylic acid groups (broad SMARTS) is 1. The molecule has 2 aliphatic carbocycles. The monoisotopic (exact) mass is 328 g/mol. The molecule has 0 unspecified atom stereocenters. The molecule has 130 valence electrons. The van der Waals surface area contributed by atoms with Gasteiger partial charge in [0.1, 0.15) is 5.84 Å². The highest BCUT2D eigenvalue weighted by Crippen LogP contribution is 2.27. The number of carbonyl (C=O) groups is 1. The molecule has 1 amide bonds. The third-order valence-corrected chi connectivity index (χ3v) is 5.29. The molecule has 1 aromatic carbocycles. The predicted octanol–water partition coefficient (Wildman–Crippen LogP) is 5.08. The molecule has 0 radical (unpaired) electrons. The largest absolute Gasteiger partial charge is 0.465 e. The van der Waals surface area contributed by atoms with Crippen molar-refractivity contribution in [1.82, 2.24) is 4.90 Å². The minimum atomic E-state index is -0.861. The van der Waals surface area contributed by atoms with Crippen LogP contribution in [-0.4, -0.2) is 34.0 Å². The maximum Gasteiger partial charge on any atom is 0.413 e. The van der Waals surface area contributed by atoms with Crippen LogP contribution in [0, 0.1) is 0 Å². The van der Waals surface area contributed by atoms with E-state index in [4.69, 9.17) is 4.99 Å². The second kappa shape index (κ2) is 8.32. The van der Waals surface area contributed by atoms with Gasteiger partial charge < -0.3 is 5.11 Å². The molecule has 0 aliphatic heterocycles. The summed E-state index contributed by atoms with van der Waals surface area (Å²) in [5.74, 6) is 0.668. The standard InChI is InChI=1S/C20H28N2O2/c23-20(24)22(18-14-8-3-9-15-18)19(16-10-4-1-5-11-16)21-17-12-6-2-7-13-17/h1,4-5,10-11,17-18H,2-3,6-9,12-15H2,(H,23,24). The van der Waals surface area contributed by atoms with Gasteiger partial charge in [0.05, 0.1) is 6.04 Å². The topological polar surface area (TPSA) is 52.9 Å². The Bertz CT molecular complexity index is 558. The Morgan fingerprint density at radius 1 is 0.917 bits per heavy atom. The van der Waals surface area contributed by atoms with Crippen LogP contribution in [0.1, 0.15) is 69.8 Å². The van der Waals surface area contributed by atoms with Crippen molar-refractivity contribution >= 4 is 11.9 Å². The maximum absolute atomic E-state index is 12.1. The summed E-state index contributed by atoms with van der Waals surface area (Å²) in [7, 11) is 0. The number of hydrogen-bond donors (Lipinski definition) is 1. The molecule has 0 saturated heterocycles. The highest BCUT2D eigenvalue weighted by atomic mass is 16.4. The SMILES string of the molecule is O=C(O)N(C(=NC1CCCCC1)c1ccccc1)C1CCCCC1. The lowest BCUT2D eigenvalue weighted by molar-refractivity contribution is 0.146. The Balaban J connectivity index is 1.94. The van der Waals surface area contributed by atoms with Crippen molar-refractivity contribution in [3.8, 4) is 0 Å². The molecule has 0 atom stereocenters. The predicted molar refractivity (Wildman–Crippen MR) is 96.6 cm³/mol. The molecule has 0 heterocycles. The van der Waals surface area contributed by atoms with E-state index in [1.807, 2.05) is 30.3 Å². The van der Waals surface area contributed by atoms with Crippen molar-refractivity contribution in [2.24, 2.45) is 4.99 Å². The van der Waals surface area contributed by atoms with Crippen molar-refractivity contribution < 1.29 is 9.90 Å². The van der Waals surface area contributed by atoms with E-state index in [-0.39, 0.29) is 12.1 Å². The van der Waals surface area contributed by atoms with Crippen LogP contribution in [0.2, 0.25) is 0 Å². The molecule has 3 rings (SSSR count). The van der Waals surface area contributed by atoms with Crippen LogP contribution in [0.3, 0.4) is 0 Å². The minimum absolute atomic E-state index is 0.0683. The van der Waals surface area contributed by atoms with Crippen molar-refractivity contribution in [1.29, 1.82) is 0 Å². The third-order valence-electron chi connectivity index (χ3n) is 5.29. The molecule has 2 aliphatic rings. The summed E-state index contributed by atoms with van der Waals surface area (Å²) in [6.07, 6.45) is 10.3. The van der Waals surface area contributed by atoms with Gasteiger partial charge in [-0.1, -0.05) is 68.9 Å². The summed E-state index contributed by atoms with van der Waals surface area (Å²) in [5.41, 5.74) is 0.927. The zero-order valence-electron chi connectivity index (χ0n) is 14.4. The van der Waals surface area contributed by atoms with Crippen molar-refractivity contribution in [2.45, 2.75) is 76.3 Å². The number of hydrogen-bond acceptors (Lipinski definition) is 2. The average Bonchev–Trinajstić information content (AvgIpc) is 2.63. The molecule has 2 saturated carbocycles. The van der Waals surface area contributed by atoms with Gasteiger partial charge in [-0.2, -0.15) is 0 Å². The lowest BCUT2D eigenvalue weighted by atomic mass is 9.93. The first kappa shape index (κ1) is 17.0.